The third-order valence-corrected chi connectivity index (χ3v) is 4.96. The first-order valence-electron chi connectivity index (χ1n) is 8.34. The van der Waals surface area contributed by atoms with E-state index in [4.69, 9.17) is 11.6 Å². The average molecular weight is 375 g/mol. The molecule has 0 bridgehead atoms. The number of nitrogens with one attached hydrogen (secondary N) is 1. The lowest BCUT2D eigenvalue weighted by atomic mass is 10.1. The molecule has 6 nitrogen and oxygen atoms in total. The predicted molar refractivity (Wildman–Crippen MR) is 96.6 cm³/mol. The Morgan fingerprint density at radius 1 is 1.31 bits per heavy atom. The first-order chi connectivity index (χ1) is 12.5. The summed E-state index contributed by atoms with van der Waals surface area (Å²) >= 11 is 5.73. The molecule has 1 saturated heterocycles. The van der Waals surface area contributed by atoms with Crippen molar-refractivity contribution in [1.82, 2.24) is 19.4 Å². The maximum absolute atomic E-state index is 13.8. The van der Waals surface area contributed by atoms with E-state index in [9.17, 15) is 14.0 Å². The fourth-order valence-electron chi connectivity index (χ4n) is 3.27. The number of hydrogen-bond donors (Lipinski definition) is 1. The van der Waals surface area contributed by atoms with Crippen molar-refractivity contribution in [2.24, 2.45) is 0 Å². The Balaban J connectivity index is 1.75. The molecular formula is C18H16ClFN4O2. The number of fused-ring (bicyclic) bond motifs is 1. The topological polar surface area (TPSA) is 71.0 Å². The molecule has 2 aromatic heterocycles. The molecule has 134 valence electrons. The van der Waals surface area contributed by atoms with Gasteiger partial charge in [0.25, 0.3) is 5.56 Å². The number of benzene rings is 1. The number of hydrogen-bond acceptors (Lipinski definition) is 3. The zero-order chi connectivity index (χ0) is 18.3. The lowest BCUT2D eigenvalue weighted by Crippen LogP contribution is -2.34. The van der Waals surface area contributed by atoms with Gasteiger partial charge in [0.05, 0.1) is 10.4 Å². The number of aromatic amines is 1. The Bertz CT molecular complexity index is 1050. The summed E-state index contributed by atoms with van der Waals surface area (Å²) in [6.45, 7) is 1.40. The Labute approximate surface area is 153 Å². The molecule has 0 saturated carbocycles. The number of nitrogens with zero attached hydrogens (tertiary/aromatic N) is 3. The molecule has 0 spiro atoms. The number of amides is 1. The highest BCUT2D eigenvalue weighted by molar-refractivity contribution is 6.30. The van der Waals surface area contributed by atoms with Crippen molar-refractivity contribution >= 4 is 28.5 Å². The Kier molecular flexibility index (Phi) is 4.24. The minimum atomic E-state index is -0.563. The van der Waals surface area contributed by atoms with E-state index in [1.165, 1.54) is 23.0 Å². The van der Waals surface area contributed by atoms with E-state index in [0.29, 0.717) is 22.2 Å². The van der Waals surface area contributed by atoms with Gasteiger partial charge in [-0.3, -0.25) is 14.2 Å². The van der Waals surface area contributed by atoms with E-state index in [2.05, 4.69) is 9.97 Å². The van der Waals surface area contributed by atoms with Gasteiger partial charge >= 0.3 is 0 Å². The summed E-state index contributed by atoms with van der Waals surface area (Å²) in [6, 6.07) is 4.36. The number of aromatic nitrogens is 3. The maximum atomic E-state index is 13.8. The van der Waals surface area contributed by atoms with Gasteiger partial charge in [-0.15, -0.1) is 0 Å². The van der Waals surface area contributed by atoms with Gasteiger partial charge < -0.3 is 9.88 Å². The van der Waals surface area contributed by atoms with Crippen LogP contribution in [0.4, 0.5) is 4.39 Å². The van der Waals surface area contributed by atoms with Crippen LogP contribution >= 0.6 is 11.6 Å². The molecule has 1 aromatic carbocycles. The van der Waals surface area contributed by atoms with Crippen molar-refractivity contribution in [3.8, 4) is 11.1 Å². The zero-order valence-electron chi connectivity index (χ0n) is 13.8. The van der Waals surface area contributed by atoms with Crippen LogP contribution in [0, 0.1) is 5.82 Å². The molecule has 0 unspecified atom stereocenters. The van der Waals surface area contributed by atoms with Crippen LogP contribution in [0.2, 0.25) is 5.02 Å². The number of carbonyl (C=O) groups is 1. The molecule has 0 aliphatic carbocycles. The van der Waals surface area contributed by atoms with E-state index < -0.39 is 5.82 Å². The molecule has 1 N–H and O–H groups in total. The molecule has 3 aromatic rings. The summed E-state index contributed by atoms with van der Waals surface area (Å²) in [4.78, 5) is 34.1. The Morgan fingerprint density at radius 3 is 2.81 bits per heavy atom. The van der Waals surface area contributed by atoms with Crippen molar-refractivity contribution in [3.63, 3.8) is 0 Å². The number of rotatable bonds is 3. The summed E-state index contributed by atoms with van der Waals surface area (Å²) in [6.07, 6.45) is 4.94. The first-order valence-corrected chi connectivity index (χ1v) is 8.72. The van der Waals surface area contributed by atoms with Crippen molar-refractivity contribution in [2.45, 2.75) is 19.4 Å². The summed E-state index contributed by atoms with van der Waals surface area (Å²) in [5.41, 5.74) is 1.09. The third kappa shape index (κ3) is 2.88. The molecule has 1 aliphatic rings. The third-order valence-electron chi connectivity index (χ3n) is 4.66. The first kappa shape index (κ1) is 16.8. The van der Waals surface area contributed by atoms with Gasteiger partial charge in [-0.05, 0) is 30.5 Å². The number of carbonyl (C=O) groups excluding carboxylic acids is 1. The van der Waals surface area contributed by atoms with Crippen LogP contribution in [0.5, 0.6) is 0 Å². The van der Waals surface area contributed by atoms with Gasteiger partial charge in [-0.2, -0.15) is 0 Å². The molecule has 1 amide bonds. The highest BCUT2D eigenvalue weighted by Gasteiger charge is 2.20. The van der Waals surface area contributed by atoms with Crippen LogP contribution in [-0.4, -0.2) is 38.4 Å². The molecule has 8 heteroatoms. The van der Waals surface area contributed by atoms with Crippen LogP contribution in [0.15, 0.2) is 35.5 Å². The van der Waals surface area contributed by atoms with Crippen LogP contribution < -0.4 is 5.56 Å². The van der Waals surface area contributed by atoms with E-state index in [1.54, 1.807) is 17.2 Å². The number of halogens is 2. The second-order valence-corrected chi connectivity index (χ2v) is 6.73. The van der Waals surface area contributed by atoms with E-state index in [0.717, 1.165) is 25.9 Å². The Hall–Kier alpha value is -2.67. The number of H-pyrrole nitrogens is 1. The van der Waals surface area contributed by atoms with E-state index in [-0.39, 0.29) is 23.0 Å². The van der Waals surface area contributed by atoms with E-state index in [1.807, 2.05) is 0 Å². The van der Waals surface area contributed by atoms with Gasteiger partial charge in [0, 0.05) is 24.8 Å². The van der Waals surface area contributed by atoms with Crippen LogP contribution in [0.1, 0.15) is 12.8 Å². The largest absolute Gasteiger partial charge is 0.345 e. The van der Waals surface area contributed by atoms with Gasteiger partial charge in [-0.1, -0.05) is 17.7 Å². The molecule has 3 heterocycles. The SMILES string of the molecule is O=C(Cn1cnc2[nH]cc(-c3ccc(Cl)c(F)c3)c2c1=O)N1CCCC1. The molecule has 0 radical (unpaired) electrons. The van der Waals surface area contributed by atoms with Crippen LogP contribution in [0.3, 0.4) is 0 Å². The van der Waals surface area contributed by atoms with Crippen LogP contribution in [-0.2, 0) is 11.3 Å². The summed E-state index contributed by atoms with van der Waals surface area (Å²) in [5.74, 6) is -0.660. The smallest absolute Gasteiger partial charge is 0.263 e. The van der Waals surface area contributed by atoms with E-state index >= 15 is 0 Å². The molecular weight excluding hydrogens is 359 g/mol. The summed E-state index contributed by atoms with van der Waals surface area (Å²) in [5, 5.41) is 0.337. The monoisotopic (exact) mass is 374 g/mol. The zero-order valence-corrected chi connectivity index (χ0v) is 14.6. The van der Waals surface area contributed by atoms with Gasteiger partial charge in [0.1, 0.15) is 24.3 Å². The highest BCUT2D eigenvalue weighted by atomic mass is 35.5. The normalized spacial score (nSPS) is 14.3. The molecule has 1 fully saturated rings. The average Bonchev–Trinajstić information content (AvgIpc) is 3.29. The van der Waals surface area contributed by atoms with Crippen molar-refractivity contribution in [1.29, 1.82) is 0 Å². The highest BCUT2D eigenvalue weighted by Crippen LogP contribution is 2.28. The predicted octanol–water partition coefficient (Wildman–Crippen LogP) is 2.81. The molecule has 1 aliphatic heterocycles. The lowest BCUT2D eigenvalue weighted by Gasteiger charge is -2.15. The minimum Gasteiger partial charge on any atom is -0.345 e. The van der Waals surface area contributed by atoms with Crippen molar-refractivity contribution in [2.75, 3.05) is 13.1 Å². The van der Waals surface area contributed by atoms with Gasteiger partial charge in [0.15, 0.2) is 0 Å². The molecule has 0 atom stereocenters. The van der Waals surface area contributed by atoms with Gasteiger partial charge in [-0.25, -0.2) is 9.37 Å². The van der Waals surface area contributed by atoms with Crippen LogP contribution in [0.25, 0.3) is 22.2 Å². The molecule has 4 rings (SSSR count). The summed E-state index contributed by atoms with van der Waals surface area (Å²) in [7, 11) is 0. The maximum Gasteiger partial charge on any atom is 0.263 e. The molecule has 26 heavy (non-hydrogen) atoms. The number of likely N-dealkylation sites (tertiary alicyclic amines) is 1. The van der Waals surface area contributed by atoms with Crippen molar-refractivity contribution in [3.05, 3.63) is 51.9 Å². The standard InChI is InChI=1S/C18H16ClFN4O2/c19-13-4-3-11(7-14(13)20)12-8-21-17-16(12)18(26)24(10-22-17)9-15(25)23-5-1-2-6-23/h3-4,7-8,10,21H,1-2,5-6,9H2. The minimum absolute atomic E-state index is 0.0142. The second kappa shape index (κ2) is 6.57. The fraction of sp³-hybridized carbons (Fsp3) is 0.278. The fourth-order valence-corrected chi connectivity index (χ4v) is 3.39. The second-order valence-electron chi connectivity index (χ2n) is 6.32. The van der Waals surface area contributed by atoms with Crippen molar-refractivity contribution < 1.29 is 9.18 Å². The lowest BCUT2D eigenvalue weighted by molar-refractivity contribution is -0.130. The Morgan fingerprint density at radius 2 is 2.08 bits per heavy atom. The quantitative estimate of drug-likeness (QED) is 0.766. The summed E-state index contributed by atoms with van der Waals surface area (Å²) < 4.78 is 15.1. The van der Waals surface area contributed by atoms with Gasteiger partial charge in [0.2, 0.25) is 5.91 Å².